The Morgan fingerprint density at radius 1 is 1.26 bits per heavy atom. The Morgan fingerprint density at radius 3 is 2.63 bits per heavy atom. The van der Waals surface area contributed by atoms with Gasteiger partial charge in [-0.3, -0.25) is 0 Å². The largest absolute Gasteiger partial charge is 0.493 e. The maximum atomic E-state index is 11.4. The van der Waals surface area contributed by atoms with Crippen LogP contribution in [0.5, 0.6) is 11.5 Å². The normalized spacial score (nSPS) is 22.1. The molecule has 0 bridgehead atoms. The highest BCUT2D eigenvalue weighted by Gasteiger charge is 2.28. The van der Waals surface area contributed by atoms with Crippen LogP contribution >= 0.6 is 0 Å². The minimum Gasteiger partial charge on any atom is -0.493 e. The summed E-state index contributed by atoms with van der Waals surface area (Å²) >= 11 is 0. The standard InChI is InChI=1S/C14H18O5/c1-17-13-8-9(14(16)18-2)6-7-12(13)19-11-5-3-4-10(11)15/h6-8,10-11,15H,3-5H2,1-2H3/t10-,11-/m1/s1. The zero-order valence-corrected chi connectivity index (χ0v) is 11.1. The highest BCUT2D eigenvalue weighted by molar-refractivity contribution is 5.90. The van der Waals surface area contributed by atoms with Crippen molar-refractivity contribution in [2.24, 2.45) is 0 Å². The Kier molecular flexibility index (Phi) is 4.27. The monoisotopic (exact) mass is 266 g/mol. The molecule has 1 fully saturated rings. The van der Waals surface area contributed by atoms with Crippen LogP contribution in [0.2, 0.25) is 0 Å². The van der Waals surface area contributed by atoms with E-state index in [9.17, 15) is 9.90 Å². The average Bonchev–Trinajstić information content (AvgIpc) is 2.84. The summed E-state index contributed by atoms with van der Waals surface area (Å²) in [4.78, 5) is 11.4. The molecule has 1 N–H and O–H groups in total. The number of rotatable bonds is 4. The van der Waals surface area contributed by atoms with Crippen LogP contribution in [0.25, 0.3) is 0 Å². The molecule has 2 atom stereocenters. The van der Waals surface area contributed by atoms with Gasteiger partial charge in [-0.2, -0.15) is 0 Å². The Hall–Kier alpha value is -1.75. The van der Waals surface area contributed by atoms with Gasteiger partial charge in [-0.05, 0) is 37.5 Å². The number of methoxy groups -OCH3 is 2. The topological polar surface area (TPSA) is 65.0 Å². The van der Waals surface area contributed by atoms with Crippen molar-refractivity contribution in [2.75, 3.05) is 14.2 Å². The molecule has 19 heavy (non-hydrogen) atoms. The van der Waals surface area contributed by atoms with Crippen LogP contribution in [-0.2, 0) is 4.74 Å². The number of carbonyl (C=O) groups excluding carboxylic acids is 1. The van der Waals surface area contributed by atoms with E-state index in [1.807, 2.05) is 0 Å². The molecular weight excluding hydrogens is 248 g/mol. The maximum Gasteiger partial charge on any atom is 0.337 e. The third-order valence-electron chi connectivity index (χ3n) is 3.28. The van der Waals surface area contributed by atoms with Crippen LogP contribution in [0.3, 0.4) is 0 Å². The lowest BCUT2D eigenvalue weighted by molar-refractivity contribution is 0.0577. The van der Waals surface area contributed by atoms with Gasteiger partial charge in [0.1, 0.15) is 6.10 Å². The Bertz CT molecular complexity index is 457. The molecular formula is C14H18O5. The molecule has 5 heteroatoms. The van der Waals surface area contributed by atoms with Crippen molar-refractivity contribution in [1.82, 2.24) is 0 Å². The lowest BCUT2D eigenvalue weighted by atomic mass is 10.2. The molecule has 0 aliphatic heterocycles. The van der Waals surface area contributed by atoms with Crippen molar-refractivity contribution in [2.45, 2.75) is 31.5 Å². The first-order valence-corrected chi connectivity index (χ1v) is 6.26. The Labute approximate surface area is 112 Å². The molecule has 1 aliphatic rings. The zero-order valence-electron chi connectivity index (χ0n) is 11.1. The van der Waals surface area contributed by atoms with E-state index >= 15 is 0 Å². The van der Waals surface area contributed by atoms with Crippen molar-refractivity contribution in [3.05, 3.63) is 23.8 Å². The summed E-state index contributed by atoms with van der Waals surface area (Å²) in [6.07, 6.45) is 1.88. The molecule has 0 amide bonds. The highest BCUT2D eigenvalue weighted by atomic mass is 16.5. The number of ether oxygens (including phenoxy) is 3. The van der Waals surface area contributed by atoms with Crippen molar-refractivity contribution in [3.8, 4) is 11.5 Å². The van der Waals surface area contributed by atoms with Gasteiger partial charge < -0.3 is 19.3 Å². The summed E-state index contributed by atoms with van der Waals surface area (Å²) in [6, 6.07) is 4.85. The fraction of sp³-hybridized carbons (Fsp3) is 0.500. The number of benzene rings is 1. The van der Waals surface area contributed by atoms with E-state index in [0.717, 1.165) is 19.3 Å². The van der Waals surface area contributed by atoms with E-state index < -0.39 is 12.1 Å². The first kappa shape index (κ1) is 13.7. The minimum absolute atomic E-state index is 0.210. The molecule has 0 aromatic heterocycles. The summed E-state index contributed by atoms with van der Waals surface area (Å²) in [5, 5.41) is 9.75. The van der Waals surface area contributed by atoms with Crippen LogP contribution in [0.1, 0.15) is 29.6 Å². The fourth-order valence-electron chi connectivity index (χ4n) is 2.22. The predicted molar refractivity (Wildman–Crippen MR) is 68.6 cm³/mol. The van der Waals surface area contributed by atoms with Gasteiger partial charge in [0.25, 0.3) is 0 Å². The smallest absolute Gasteiger partial charge is 0.337 e. The van der Waals surface area contributed by atoms with Crippen molar-refractivity contribution in [3.63, 3.8) is 0 Å². The summed E-state index contributed by atoms with van der Waals surface area (Å²) < 4.78 is 15.6. The molecule has 1 aromatic carbocycles. The van der Waals surface area contributed by atoms with Gasteiger partial charge in [0, 0.05) is 0 Å². The number of carbonyl (C=O) groups is 1. The van der Waals surface area contributed by atoms with Crippen molar-refractivity contribution >= 4 is 5.97 Å². The third-order valence-corrected chi connectivity index (χ3v) is 3.28. The number of hydrogen-bond acceptors (Lipinski definition) is 5. The van der Waals surface area contributed by atoms with Crippen LogP contribution in [-0.4, -0.2) is 37.5 Å². The molecule has 0 unspecified atom stereocenters. The van der Waals surface area contributed by atoms with Gasteiger partial charge in [0.2, 0.25) is 0 Å². The SMILES string of the molecule is COC(=O)c1ccc(O[C@@H]2CCC[C@H]2O)c(OC)c1. The van der Waals surface area contributed by atoms with E-state index in [0.29, 0.717) is 17.1 Å². The van der Waals surface area contributed by atoms with E-state index in [2.05, 4.69) is 4.74 Å². The van der Waals surface area contributed by atoms with E-state index in [-0.39, 0.29) is 6.10 Å². The van der Waals surface area contributed by atoms with Crippen LogP contribution in [0, 0.1) is 0 Å². The molecule has 0 heterocycles. The molecule has 0 radical (unpaired) electrons. The molecule has 104 valence electrons. The second-order valence-corrected chi connectivity index (χ2v) is 4.51. The van der Waals surface area contributed by atoms with Gasteiger partial charge in [0.15, 0.2) is 11.5 Å². The minimum atomic E-state index is -0.440. The predicted octanol–water partition coefficient (Wildman–Crippen LogP) is 1.77. The van der Waals surface area contributed by atoms with Crippen LogP contribution in [0.15, 0.2) is 18.2 Å². The van der Waals surface area contributed by atoms with Crippen molar-refractivity contribution in [1.29, 1.82) is 0 Å². The molecule has 1 aromatic rings. The third kappa shape index (κ3) is 2.98. The van der Waals surface area contributed by atoms with E-state index in [1.165, 1.54) is 14.2 Å². The van der Waals surface area contributed by atoms with Gasteiger partial charge in [-0.25, -0.2) is 4.79 Å². The molecule has 5 nitrogen and oxygen atoms in total. The van der Waals surface area contributed by atoms with E-state index in [4.69, 9.17) is 9.47 Å². The van der Waals surface area contributed by atoms with Crippen LogP contribution < -0.4 is 9.47 Å². The van der Waals surface area contributed by atoms with Gasteiger partial charge in [-0.1, -0.05) is 0 Å². The van der Waals surface area contributed by atoms with Gasteiger partial charge in [-0.15, -0.1) is 0 Å². The summed E-state index contributed by atoms with van der Waals surface area (Å²) in [6.45, 7) is 0. The number of aliphatic hydroxyl groups excluding tert-OH is 1. The fourth-order valence-corrected chi connectivity index (χ4v) is 2.22. The number of hydrogen-bond donors (Lipinski definition) is 1. The summed E-state index contributed by atoms with van der Waals surface area (Å²) in [5.41, 5.74) is 0.402. The molecule has 1 aliphatic carbocycles. The summed E-state index contributed by atoms with van der Waals surface area (Å²) in [5.74, 6) is 0.564. The second kappa shape index (κ2) is 5.93. The maximum absolute atomic E-state index is 11.4. The molecule has 1 saturated carbocycles. The average molecular weight is 266 g/mol. The zero-order chi connectivity index (χ0) is 13.8. The lowest BCUT2D eigenvalue weighted by Crippen LogP contribution is -2.25. The van der Waals surface area contributed by atoms with Crippen molar-refractivity contribution < 1.29 is 24.1 Å². The number of aliphatic hydroxyl groups is 1. The second-order valence-electron chi connectivity index (χ2n) is 4.51. The quantitative estimate of drug-likeness (QED) is 0.841. The molecule has 2 rings (SSSR count). The Morgan fingerprint density at radius 2 is 2.05 bits per heavy atom. The lowest BCUT2D eigenvalue weighted by Gasteiger charge is -2.19. The van der Waals surface area contributed by atoms with Gasteiger partial charge >= 0.3 is 5.97 Å². The number of esters is 1. The summed E-state index contributed by atoms with van der Waals surface area (Å²) in [7, 11) is 2.84. The first-order valence-electron chi connectivity index (χ1n) is 6.26. The molecule has 0 spiro atoms. The first-order chi connectivity index (χ1) is 9.15. The van der Waals surface area contributed by atoms with E-state index in [1.54, 1.807) is 18.2 Å². The molecule has 0 saturated heterocycles. The van der Waals surface area contributed by atoms with Gasteiger partial charge in [0.05, 0.1) is 25.9 Å². The van der Waals surface area contributed by atoms with Crippen LogP contribution in [0.4, 0.5) is 0 Å². The highest BCUT2D eigenvalue weighted by Crippen LogP contribution is 2.32. The Balaban J connectivity index is 2.18.